The van der Waals surface area contributed by atoms with Gasteiger partial charge in [0.15, 0.2) is 11.6 Å². The first-order valence-electron chi connectivity index (χ1n) is 7.22. The molecule has 8 heteroatoms. The Labute approximate surface area is 131 Å². The molecule has 3 heterocycles. The zero-order valence-corrected chi connectivity index (χ0v) is 12.5. The van der Waals surface area contributed by atoms with Crippen LogP contribution < -0.4 is 5.32 Å². The molecule has 1 aliphatic carbocycles. The molecule has 4 rings (SSSR count). The van der Waals surface area contributed by atoms with E-state index < -0.39 is 0 Å². The fourth-order valence-electron chi connectivity index (χ4n) is 2.27. The number of anilines is 2. The molecule has 0 bridgehead atoms. The second-order valence-corrected chi connectivity index (χ2v) is 5.12. The Morgan fingerprint density at radius 1 is 1.30 bits per heavy atom. The largest absolute Gasteiger partial charge is 0.383 e. The van der Waals surface area contributed by atoms with E-state index in [0.29, 0.717) is 24.8 Å². The van der Waals surface area contributed by atoms with E-state index in [1.165, 1.54) is 0 Å². The van der Waals surface area contributed by atoms with Crippen LogP contribution in [0.15, 0.2) is 36.8 Å². The number of hydrogen-bond donors (Lipinski definition) is 2. The molecular weight excluding hydrogens is 294 g/mol. The minimum Gasteiger partial charge on any atom is -0.383 e. The number of rotatable bonds is 6. The maximum atomic E-state index is 5.05. The van der Waals surface area contributed by atoms with E-state index in [9.17, 15) is 0 Å². The highest BCUT2D eigenvalue weighted by molar-refractivity contribution is 5.89. The summed E-state index contributed by atoms with van der Waals surface area (Å²) in [6.45, 7) is 1.31. The van der Waals surface area contributed by atoms with Gasteiger partial charge in [0.25, 0.3) is 0 Å². The van der Waals surface area contributed by atoms with Crippen molar-refractivity contribution in [3.63, 3.8) is 0 Å². The fraction of sp³-hybridized carbons (Fsp3) is 0.200. The molecule has 0 aromatic carbocycles. The highest BCUT2D eigenvalue weighted by atomic mass is 16.5. The van der Waals surface area contributed by atoms with Gasteiger partial charge in [0.1, 0.15) is 11.0 Å². The minimum atomic E-state index is 0.615. The van der Waals surface area contributed by atoms with Crippen molar-refractivity contribution in [1.29, 1.82) is 0 Å². The lowest BCUT2D eigenvalue weighted by atomic mass is 10.1. The van der Waals surface area contributed by atoms with Crippen molar-refractivity contribution in [3.8, 4) is 0 Å². The lowest BCUT2D eigenvalue weighted by Crippen LogP contribution is -2.04. The van der Waals surface area contributed by atoms with Gasteiger partial charge >= 0.3 is 0 Å². The van der Waals surface area contributed by atoms with Gasteiger partial charge < -0.3 is 10.1 Å². The van der Waals surface area contributed by atoms with Crippen LogP contribution in [-0.4, -0.2) is 43.7 Å². The van der Waals surface area contributed by atoms with Crippen molar-refractivity contribution in [3.05, 3.63) is 42.6 Å². The van der Waals surface area contributed by atoms with Crippen molar-refractivity contribution >= 4 is 28.1 Å². The van der Waals surface area contributed by atoms with Gasteiger partial charge in [0.05, 0.1) is 31.2 Å². The molecule has 3 aromatic rings. The summed E-state index contributed by atoms with van der Waals surface area (Å²) in [6, 6.07) is 0. The van der Waals surface area contributed by atoms with Crippen molar-refractivity contribution in [2.24, 2.45) is 0 Å². The maximum absolute atomic E-state index is 5.05. The number of nitrogens with one attached hydrogen (secondary N) is 2. The van der Waals surface area contributed by atoms with Gasteiger partial charge in [-0.3, -0.25) is 9.78 Å². The van der Waals surface area contributed by atoms with E-state index in [2.05, 4.69) is 30.6 Å². The van der Waals surface area contributed by atoms with Gasteiger partial charge in [-0.05, 0) is 0 Å². The molecule has 3 aromatic heterocycles. The Kier molecular flexibility index (Phi) is 3.35. The third kappa shape index (κ3) is 2.59. The fourth-order valence-corrected chi connectivity index (χ4v) is 2.27. The number of hydrogen-bond acceptors (Lipinski definition) is 6. The Balaban J connectivity index is 1.65. The van der Waals surface area contributed by atoms with Gasteiger partial charge in [-0.2, -0.15) is 10.2 Å². The Bertz CT molecular complexity index is 906. The van der Waals surface area contributed by atoms with Gasteiger partial charge in [-0.1, -0.05) is 18.2 Å². The molecule has 2 N–H and O–H groups in total. The summed E-state index contributed by atoms with van der Waals surface area (Å²) in [4.78, 5) is 9.09. The second-order valence-electron chi connectivity index (χ2n) is 5.12. The van der Waals surface area contributed by atoms with Crippen LogP contribution >= 0.6 is 0 Å². The number of methoxy groups -OCH3 is 1. The first-order chi connectivity index (χ1) is 11.3. The molecule has 0 fully saturated rings. The average molecular weight is 309 g/mol. The molecule has 23 heavy (non-hydrogen) atoms. The lowest BCUT2D eigenvalue weighted by Gasteiger charge is -2.09. The monoisotopic (exact) mass is 309 g/mol. The topological polar surface area (TPSA) is 93.5 Å². The smallest absolute Gasteiger partial charge is 0.162 e. The SMILES string of the molecule is COCCn1cc(Nc2nc(C3=CC=C3)nc3cn[nH]c23)cn1. The van der Waals surface area contributed by atoms with E-state index in [-0.39, 0.29) is 0 Å². The van der Waals surface area contributed by atoms with Gasteiger partial charge in [-0.25, -0.2) is 9.97 Å². The summed E-state index contributed by atoms with van der Waals surface area (Å²) in [5, 5.41) is 14.5. The van der Waals surface area contributed by atoms with E-state index in [1.807, 2.05) is 29.1 Å². The number of aromatic nitrogens is 6. The molecular formula is C15H15N7O. The predicted molar refractivity (Wildman–Crippen MR) is 86.2 cm³/mol. The van der Waals surface area contributed by atoms with E-state index in [1.54, 1.807) is 19.5 Å². The van der Waals surface area contributed by atoms with Crippen LogP contribution in [0.3, 0.4) is 0 Å². The number of ether oxygens (including phenoxy) is 1. The average Bonchev–Trinajstić information content (AvgIpc) is 3.12. The van der Waals surface area contributed by atoms with E-state index >= 15 is 0 Å². The van der Waals surface area contributed by atoms with Crippen LogP contribution in [0.25, 0.3) is 16.6 Å². The first-order valence-corrected chi connectivity index (χ1v) is 7.22. The third-order valence-electron chi connectivity index (χ3n) is 3.53. The molecule has 116 valence electrons. The molecule has 0 saturated heterocycles. The van der Waals surface area contributed by atoms with Crippen molar-refractivity contribution in [2.45, 2.75) is 6.54 Å². The zero-order valence-electron chi connectivity index (χ0n) is 12.5. The molecule has 0 amide bonds. The summed E-state index contributed by atoms with van der Waals surface area (Å²) in [5.41, 5.74) is 3.39. The summed E-state index contributed by atoms with van der Waals surface area (Å²) in [6.07, 6.45) is 11.3. The third-order valence-corrected chi connectivity index (χ3v) is 3.53. The standard InChI is InChI=1S/C15H15N7O/c1-23-6-5-22-9-11(7-17-22)18-15-13-12(8-16-21-13)19-14(20-15)10-3-2-4-10/h2-4,7-9H,5-6H2,1H3,(H,16,21)(H,18,19,20). The molecule has 0 saturated carbocycles. The van der Waals surface area contributed by atoms with Gasteiger partial charge in [0, 0.05) is 18.9 Å². The zero-order chi connectivity index (χ0) is 15.6. The van der Waals surface area contributed by atoms with Crippen LogP contribution in [0.4, 0.5) is 11.5 Å². The van der Waals surface area contributed by atoms with Crippen LogP contribution in [0.5, 0.6) is 0 Å². The summed E-state index contributed by atoms with van der Waals surface area (Å²) in [7, 11) is 1.67. The number of allylic oxidation sites excluding steroid dienone is 4. The highest BCUT2D eigenvalue weighted by Gasteiger charge is 2.13. The second kappa shape index (κ2) is 5.65. The summed E-state index contributed by atoms with van der Waals surface area (Å²) < 4.78 is 6.87. The number of fused-ring (bicyclic) bond motifs is 1. The van der Waals surface area contributed by atoms with Crippen molar-refractivity contribution in [1.82, 2.24) is 29.9 Å². The lowest BCUT2D eigenvalue weighted by molar-refractivity contribution is 0.183. The molecule has 0 aliphatic heterocycles. The molecule has 0 unspecified atom stereocenters. The molecule has 0 spiro atoms. The Morgan fingerprint density at radius 3 is 3.00 bits per heavy atom. The first kappa shape index (κ1) is 13.6. The minimum absolute atomic E-state index is 0.615. The maximum Gasteiger partial charge on any atom is 0.162 e. The van der Waals surface area contributed by atoms with Crippen LogP contribution in [0.2, 0.25) is 0 Å². The number of aromatic amines is 1. The number of nitrogens with zero attached hydrogens (tertiary/aromatic N) is 5. The predicted octanol–water partition coefficient (Wildman–Crippen LogP) is 1.89. The van der Waals surface area contributed by atoms with E-state index in [4.69, 9.17) is 4.74 Å². The van der Waals surface area contributed by atoms with Crippen molar-refractivity contribution in [2.75, 3.05) is 19.0 Å². The van der Waals surface area contributed by atoms with E-state index in [0.717, 1.165) is 22.3 Å². The van der Waals surface area contributed by atoms with Crippen LogP contribution in [0.1, 0.15) is 5.82 Å². The van der Waals surface area contributed by atoms with Crippen LogP contribution in [-0.2, 0) is 11.3 Å². The molecule has 0 atom stereocenters. The highest BCUT2D eigenvalue weighted by Crippen LogP contribution is 2.26. The van der Waals surface area contributed by atoms with Gasteiger partial charge in [0.2, 0.25) is 0 Å². The summed E-state index contributed by atoms with van der Waals surface area (Å²) in [5.74, 6) is 1.35. The quantitative estimate of drug-likeness (QED) is 0.722. The summed E-state index contributed by atoms with van der Waals surface area (Å²) >= 11 is 0. The van der Waals surface area contributed by atoms with Crippen molar-refractivity contribution < 1.29 is 4.74 Å². The Hall–Kier alpha value is -3.00. The molecule has 1 aliphatic rings. The number of H-pyrrole nitrogens is 1. The van der Waals surface area contributed by atoms with Gasteiger partial charge in [-0.15, -0.1) is 0 Å². The van der Waals surface area contributed by atoms with Crippen LogP contribution in [0, 0.1) is 0 Å². The molecule has 0 radical (unpaired) electrons. The normalized spacial score (nSPS) is 13.2. The molecule has 8 nitrogen and oxygen atoms in total. The Morgan fingerprint density at radius 2 is 2.22 bits per heavy atom.